The molecule has 164 valence electrons. The van der Waals surface area contributed by atoms with Crippen molar-refractivity contribution in [1.29, 1.82) is 0 Å². The van der Waals surface area contributed by atoms with E-state index < -0.39 is 49.5 Å². The van der Waals surface area contributed by atoms with Crippen molar-refractivity contribution in [2.45, 2.75) is 42.8 Å². The molecule has 1 aliphatic rings. The molecule has 1 saturated carbocycles. The van der Waals surface area contributed by atoms with Crippen molar-refractivity contribution in [2.75, 3.05) is 12.5 Å². The summed E-state index contributed by atoms with van der Waals surface area (Å²) < 4.78 is 85.0. The standard InChI is InChI=1S/C20H22F2O6S2/c1-29(23,24)17-9-3-13(4-10-17)14-11-18(21)20(19(22)12-14)27-15-5-7-16(8-6-15)28-30(2,25)26/h3-4,9-12,15-16H,5-8H2,1-2H3. The second-order valence-electron chi connectivity index (χ2n) is 7.38. The van der Waals surface area contributed by atoms with E-state index in [2.05, 4.69) is 0 Å². The molecule has 0 radical (unpaired) electrons. The molecule has 0 unspecified atom stereocenters. The summed E-state index contributed by atoms with van der Waals surface area (Å²) in [4.78, 5) is 0.114. The molecular weight excluding hydrogens is 438 g/mol. The smallest absolute Gasteiger partial charge is 0.264 e. The van der Waals surface area contributed by atoms with Gasteiger partial charge in [0.05, 0.1) is 23.4 Å². The van der Waals surface area contributed by atoms with Crippen LogP contribution in [0.1, 0.15) is 25.7 Å². The summed E-state index contributed by atoms with van der Waals surface area (Å²) in [5.41, 5.74) is 0.716. The molecule has 0 aliphatic heterocycles. The summed E-state index contributed by atoms with van der Waals surface area (Å²) in [6.45, 7) is 0. The quantitative estimate of drug-likeness (QED) is 0.611. The third-order valence-electron chi connectivity index (χ3n) is 4.83. The van der Waals surface area contributed by atoms with Crippen molar-refractivity contribution in [1.82, 2.24) is 0 Å². The molecule has 0 atom stereocenters. The van der Waals surface area contributed by atoms with Crippen LogP contribution >= 0.6 is 0 Å². The van der Waals surface area contributed by atoms with Gasteiger partial charge in [-0.3, -0.25) is 4.18 Å². The lowest BCUT2D eigenvalue weighted by Crippen LogP contribution is -2.30. The number of benzene rings is 2. The first-order chi connectivity index (χ1) is 13.9. The number of sulfone groups is 1. The molecular formula is C20H22F2O6S2. The summed E-state index contributed by atoms with van der Waals surface area (Å²) in [5.74, 6) is -2.22. The van der Waals surface area contributed by atoms with Crippen LogP contribution in [0.2, 0.25) is 0 Å². The molecule has 0 bridgehead atoms. The molecule has 6 nitrogen and oxygen atoms in total. The Kier molecular flexibility index (Phi) is 6.49. The minimum atomic E-state index is -3.55. The van der Waals surface area contributed by atoms with Gasteiger partial charge in [0.1, 0.15) is 0 Å². The van der Waals surface area contributed by atoms with E-state index in [1.165, 1.54) is 24.3 Å². The van der Waals surface area contributed by atoms with Crippen LogP contribution in [0.4, 0.5) is 8.78 Å². The van der Waals surface area contributed by atoms with Crippen molar-refractivity contribution in [2.24, 2.45) is 0 Å². The van der Waals surface area contributed by atoms with E-state index in [4.69, 9.17) is 8.92 Å². The maximum absolute atomic E-state index is 14.6. The van der Waals surface area contributed by atoms with Gasteiger partial charge in [0.25, 0.3) is 10.1 Å². The molecule has 0 amide bonds. The first-order valence-corrected chi connectivity index (χ1v) is 13.0. The third kappa shape index (κ3) is 5.77. The molecule has 3 rings (SSSR count). The van der Waals surface area contributed by atoms with Crippen LogP contribution in [0.15, 0.2) is 41.3 Å². The highest BCUT2D eigenvalue weighted by molar-refractivity contribution is 7.90. The lowest BCUT2D eigenvalue weighted by atomic mass is 9.95. The van der Waals surface area contributed by atoms with Crippen molar-refractivity contribution in [3.8, 4) is 16.9 Å². The summed E-state index contributed by atoms with van der Waals surface area (Å²) in [5, 5.41) is 0. The van der Waals surface area contributed by atoms with Gasteiger partial charge < -0.3 is 4.74 Å². The van der Waals surface area contributed by atoms with Crippen LogP contribution < -0.4 is 4.74 Å². The van der Waals surface area contributed by atoms with Gasteiger partial charge in [-0.15, -0.1) is 0 Å². The van der Waals surface area contributed by atoms with Gasteiger partial charge in [0.2, 0.25) is 0 Å². The number of halogens is 2. The Bertz CT molecular complexity index is 1100. The maximum Gasteiger partial charge on any atom is 0.264 e. The predicted octanol–water partition coefficient (Wildman–Crippen LogP) is 3.70. The van der Waals surface area contributed by atoms with E-state index in [0.29, 0.717) is 31.2 Å². The molecule has 0 spiro atoms. The average molecular weight is 461 g/mol. The van der Waals surface area contributed by atoms with E-state index in [-0.39, 0.29) is 10.5 Å². The molecule has 0 aromatic heterocycles. The van der Waals surface area contributed by atoms with Gasteiger partial charge in [0.15, 0.2) is 27.2 Å². The number of rotatable bonds is 6. The number of hydrogen-bond acceptors (Lipinski definition) is 6. The summed E-state index contributed by atoms with van der Waals surface area (Å²) in [6.07, 6.45) is 2.80. The Labute approximate surface area is 174 Å². The van der Waals surface area contributed by atoms with E-state index in [1.54, 1.807) is 0 Å². The maximum atomic E-state index is 14.6. The molecule has 2 aromatic carbocycles. The highest BCUT2D eigenvalue weighted by atomic mass is 32.2. The summed E-state index contributed by atoms with van der Waals surface area (Å²) >= 11 is 0. The fraction of sp³-hybridized carbons (Fsp3) is 0.400. The van der Waals surface area contributed by atoms with Crippen LogP contribution in [0.3, 0.4) is 0 Å². The van der Waals surface area contributed by atoms with E-state index in [1.807, 2.05) is 0 Å². The van der Waals surface area contributed by atoms with Gasteiger partial charge in [-0.25, -0.2) is 17.2 Å². The Morgan fingerprint density at radius 2 is 1.30 bits per heavy atom. The molecule has 1 fully saturated rings. The van der Waals surface area contributed by atoms with Crippen molar-refractivity contribution >= 4 is 20.0 Å². The predicted molar refractivity (Wildman–Crippen MR) is 108 cm³/mol. The largest absolute Gasteiger partial charge is 0.484 e. The molecule has 0 N–H and O–H groups in total. The monoisotopic (exact) mass is 460 g/mol. The third-order valence-corrected chi connectivity index (χ3v) is 6.58. The first kappa shape index (κ1) is 22.6. The molecule has 2 aromatic rings. The van der Waals surface area contributed by atoms with E-state index >= 15 is 0 Å². The van der Waals surface area contributed by atoms with Crippen molar-refractivity contribution in [3.05, 3.63) is 48.0 Å². The Balaban J connectivity index is 1.71. The van der Waals surface area contributed by atoms with Gasteiger partial charge in [-0.1, -0.05) is 12.1 Å². The Morgan fingerprint density at radius 3 is 1.77 bits per heavy atom. The number of ether oxygens (including phenoxy) is 1. The molecule has 0 heterocycles. The molecule has 0 saturated heterocycles. The molecule has 30 heavy (non-hydrogen) atoms. The lowest BCUT2D eigenvalue weighted by Gasteiger charge is -2.28. The zero-order valence-corrected chi connectivity index (χ0v) is 18.1. The SMILES string of the molecule is CS(=O)(=O)OC1CCC(Oc2c(F)cc(-c3ccc(S(C)(=O)=O)cc3)cc2F)CC1. The second kappa shape index (κ2) is 8.60. The van der Waals surface area contributed by atoms with Gasteiger partial charge >= 0.3 is 0 Å². The Morgan fingerprint density at radius 1 is 0.800 bits per heavy atom. The second-order valence-corrected chi connectivity index (χ2v) is 11.0. The van der Waals surface area contributed by atoms with Crippen LogP contribution in [-0.4, -0.2) is 41.6 Å². The van der Waals surface area contributed by atoms with Crippen LogP contribution in [0.25, 0.3) is 11.1 Å². The summed E-state index contributed by atoms with van der Waals surface area (Å²) in [7, 11) is -6.92. The molecule has 1 aliphatic carbocycles. The Hall–Kier alpha value is -2.04. The van der Waals surface area contributed by atoms with Gasteiger partial charge in [-0.05, 0) is 61.1 Å². The number of hydrogen-bond donors (Lipinski definition) is 0. The average Bonchev–Trinajstić information content (AvgIpc) is 2.64. The minimum absolute atomic E-state index is 0.114. The summed E-state index contributed by atoms with van der Waals surface area (Å²) in [6, 6.07) is 7.98. The minimum Gasteiger partial charge on any atom is -0.484 e. The fourth-order valence-electron chi connectivity index (χ4n) is 3.39. The van der Waals surface area contributed by atoms with Crippen molar-refractivity contribution < 1.29 is 34.5 Å². The lowest BCUT2D eigenvalue weighted by molar-refractivity contribution is 0.0796. The molecule has 10 heteroatoms. The van der Waals surface area contributed by atoms with Crippen LogP contribution in [0.5, 0.6) is 5.75 Å². The first-order valence-electron chi connectivity index (χ1n) is 9.27. The van der Waals surface area contributed by atoms with Gasteiger partial charge in [-0.2, -0.15) is 8.42 Å². The zero-order chi connectivity index (χ0) is 22.1. The van der Waals surface area contributed by atoms with Gasteiger partial charge in [0, 0.05) is 6.26 Å². The van der Waals surface area contributed by atoms with Crippen LogP contribution in [-0.2, 0) is 24.1 Å². The topological polar surface area (TPSA) is 86.7 Å². The van der Waals surface area contributed by atoms with E-state index in [0.717, 1.165) is 24.6 Å². The van der Waals surface area contributed by atoms with Crippen molar-refractivity contribution in [3.63, 3.8) is 0 Å². The fourth-order valence-corrected chi connectivity index (χ4v) is 4.71. The normalized spacial score (nSPS) is 20.1. The van der Waals surface area contributed by atoms with Crippen LogP contribution in [0, 0.1) is 11.6 Å². The zero-order valence-electron chi connectivity index (χ0n) is 16.5. The van der Waals surface area contributed by atoms with E-state index in [9.17, 15) is 25.6 Å². The highest BCUT2D eigenvalue weighted by Crippen LogP contribution is 2.33. The highest BCUT2D eigenvalue weighted by Gasteiger charge is 2.27.